The third kappa shape index (κ3) is 6.26. The summed E-state index contributed by atoms with van der Waals surface area (Å²) in [5, 5.41) is 16.3. The normalized spacial score (nSPS) is 12.0. The number of aliphatic hydroxyl groups excluding tert-OH is 1. The average Bonchev–Trinajstić information content (AvgIpc) is 2.65. The van der Waals surface area contributed by atoms with Gasteiger partial charge in [-0.05, 0) is 32.6 Å². The van der Waals surface area contributed by atoms with Gasteiger partial charge in [0.2, 0.25) is 5.95 Å². The lowest BCUT2D eigenvalue weighted by Crippen LogP contribution is -2.32. The van der Waals surface area contributed by atoms with E-state index in [1.165, 1.54) is 0 Å². The molecule has 1 unspecified atom stereocenters. The summed E-state index contributed by atoms with van der Waals surface area (Å²) >= 11 is 0. The van der Waals surface area contributed by atoms with Crippen molar-refractivity contribution in [3.63, 3.8) is 0 Å². The van der Waals surface area contributed by atoms with Crippen LogP contribution in [0.1, 0.15) is 12.6 Å². The van der Waals surface area contributed by atoms with Crippen LogP contribution in [-0.4, -0.2) is 67.0 Å². The molecule has 0 fully saturated rings. The van der Waals surface area contributed by atoms with Gasteiger partial charge in [-0.15, -0.1) is 0 Å². The van der Waals surface area contributed by atoms with Gasteiger partial charge in [-0.1, -0.05) is 6.92 Å². The van der Waals surface area contributed by atoms with Gasteiger partial charge in [0.15, 0.2) is 11.5 Å². The van der Waals surface area contributed by atoms with Gasteiger partial charge in [0.25, 0.3) is 0 Å². The van der Waals surface area contributed by atoms with Crippen LogP contribution in [0.5, 0.6) is 11.5 Å². The molecule has 148 valence electrons. The second-order valence-electron chi connectivity index (χ2n) is 6.28. The SMILES string of the molecule is CCN(C)CC(O)COc1cc(Nc2nc(C)cc(NC)n2)ccc1OC. The zero-order valence-corrected chi connectivity index (χ0v) is 16.6. The highest BCUT2D eigenvalue weighted by Gasteiger charge is 2.12. The Morgan fingerprint density at radius 1 is 1.22 bits per heavy atom. The second kappa shape index (κ2) is 9.94. The van der Waals surface area contributed by atoms with Crippen LogP contribution in [0.2, 0.25) is 0 Å². The molecule has 0 bridgehead atoms. The molecule has 0 radical (unpaired) electrons. The Bertz CT molecular complexity index is 741. The maximum Gasteiger partial charge on any atom is 0.229 e. The Morgan fingerprint density at radius 3 is 2.67 bits per heavy atom. The molecule has 0 aliphatic rings. The molecule has 0 aliphatic heterocycles. The molecule has 8 nitrogen and oxygen atoms in total. The monoisotopic (exact) mass is 375 g/mol. The number of methoxy groups -OCH3 is 1. The lowest BCUT2D eigenvalue weighted by molar-refractivity contribution is 0.0767. The van der Waals surface area contributed by atoms with E-state index >= 15 is 0 Å². The van der Waals surface area contributed by atoms with Gasteiger partial charge in [-0.2, -0.15) is 4.98 Å². The van der Waals surface area contributed by atoms with Crippen molar-refractivity contribution in [1.82, 2.24) is 14.9 Å². The molecule has 0 amide bonds. The van der Waals surface area contributed by atoms with E-state index in [9.17, 15) is 5.11 Å². The largest absolute Gasteiger partial charge is 0.493 e. The molecule has 1 aromatic heterocycles. The number of hydrogen-bond acceptors (Lipinski definition) is 8. The van der Waals surface area contributed by atoms with Gasteiger partial charge < -0.3 is 30.1 Å². The highest BCUT2D eigenvalue weighted by Crippen LogP contribution is 2.31. The number of likely N-dealkylation sites (N-methyl/N-ethyl adjacent to an activating group) is 1. The summed E-state index contributed by atoms with van der Waals surface area (Å²) < 4.78 is 11.1. The van der Waals surface area contributed by atoms with Crippen molar-refractivity contribution < 1.29 is 14.6 Å². The molecule has 1 heterocycles. The minimum Gasteiger partial charge on any atom is -0.493 e. The van der Waals surface area contributed by atoms with Crippen LogP contribution in [0.15, 0.2) is 24.3 Å². The lowest BCUT2D eigenvalue weighted by atomic mass is 10.2. The number of nitrogens with zero attached hydrogens (tertiary/aromatic N) is 3. The van der Waals surface area contributed by atoms with E-state index in [0.717, 1.165) is 23.7 Å². The zero-order valence-electron chi connectivity index (χ0n) is 16.6. The summed E-state index contributed by atoms with van der Waals surface area (Å²) in [5.41, 5.74) is 1.61. The Balaban J connectivity index is 2.11. The Labute approximate surface area is 160 Å². The van der Waals surface area contributed by atoms with Gasteiger partial charge in [0.1, 0.15) is 18.5 Å². The van der Waals surface area contributed by atoms with E-state index in [0.29, 0.717) is 24.0 Å². The number of benzene rings is 1. The van der Waals surface area contributed by atoms with Crippen LogP contribution in [0.25, 0.3) is 0 Å². The fourth-order valence-electron chi connectivity index (χ4n) is 2.48. The zero-order chi connectivity index (χ0) is 19.8. The van der Waals surface area contributed by atoms with Crippen molar-refractivity contribution in [2.24, 2.45) is 0 Å². The molecule has 3 N–H and O–H groups in total. The first-order chi connectivity index (χ1) is 12.9. The average molecular weight is 375 g/mol. The smallest absolute Gasteiger partial charge is 0.229 e. The standard InChI is InChI=1S/C19H29N5O3/c1-6-24(4)11-15(25)12-27-17-10-14(7-8-16(17)26-5)22-19-21-13(2)9-18(20-3)23-19/h7-10,15,25H,6,11-12H2,1-5H3,(H2,20,21,22,23). The molecule has 0 spiro atoms. The first-order valence-electron chi connectivity index (χ1n) is 8.93. The maximum absolute atomic E-state index is 10.1. The van der Waals surface area contributed by atoms with Gasteiger partial charge in [-0.3, -0.25) is 0 Å². The number of aromatic nitrogens is 2. The van der Waals surface area contributed by atoms with Crippen molar-refractivity contribution in [1.29, 1.82) is 0 Å². The van der Waals surface area contributed by atoms with Crippen molar-refractivity contribution in [2.45, 2.75) is 20.0 Å². The number of aliphatic hydroxyl groups is 1. The van der Waals surface area contributed by atoms with Crippen molar-refractivity contribution in [3.05, 3.63) is 30.0 Å². The van der Waals surface area contributed by atoms with E-state index in [1.807, 2.05) is 45.0 Å². The summed E-state index contributed by atoms with van der Waals surface area (Å²) in [6.45, 7) is 5.53. The van der Waals surface area contributed by atoms with Crippen LogP contribution in [0.4, 0.5) is 17.5 Å². The van der Waals surface area contributed by atoms with Gasteiger partial charge in [0.05, 0.1) is 7.11 Å². The molecular formula is C19H29N5O3. The number of anilines is 3. The molecule has 0 aliphatic carbocycles. The highest BCUT2D eigenvalue weighted by molar-refractivity contribution is 5.60. The van der Waals surface area contributed by atoms with E-state index in [2.05, 4.69) is 20.6 Å². The molecule has 2 rings (SSSR count). The first-order valence-corrected chi connectivity index (χ1v) is 8.93. The van der Waals surface area contributed by atoms with E-state index in [-0.39, 0.29) is 6.61 Å². The van der Waals surface area contributed by atoms with Gasteiger partial charge >= 0.3 is 0 Å². The molecule has 27 heavy (non-hydrogen) atoms. The number of aryl methyl sites for hydroxylation is 1. The van der Waals surface area contributed by atoms with E-state index < -0.39 is 6.10 Å². The Kier molecular flexibility index (Phi) is 7.63. The summed E-state index contributed by atoms with van der Waals surface area (Å²) in [7, 11) is 5.35. The fourth-order valence-corrected chi connectivity index (χ4v) is 2.48. The van der Waals surface area contributed by atoms with Crippen LogP contribution in [0.3, 0.4) is 0 Å². The number of rotatable bonds is 10. The predicted octanol–water partition coefficient (Wildman–Crippen LogP) is 2.27. The molecule has 0 saturated heterocycles. The molecule has 2 aromatic rings. The highest BCUT2D eigenvalue weighted by atomic mass is 16.5. The van der Waals surface area contributed by atoms with Gasteiger partial charge in [-0.25, -0.2) is 4.98 Å². The van der Waals surface area contributed by atoms with E-state index in [1.54, 1.807) is 19.2 Å². The van der Waals surface area contributed by atoms with Crippen LogP contribution >= 0.6 is 0 Å². The Hall–Kier alpha value is -2.58. The molecule has 8 heteroatoms. The van der Waals surface area contributed by atoms with Crippen LogP contribution in [-0.2, 0) is 0 Å². The summed E-state index contributed by atoms with van der Waals surface area (Å²) in [5.74, 6) is 2.36. The van der Waals surface area contributed by atoms with Crippen LogP contribution < -0.4 is 20.1 Å². The molecule has 0 saturated carbocycles. The topological polar surface area (TPSA) is 91.8 Å². The Morgan fingerprint density at radius 2 is 2.00 bits per heavy atom. The molecule has 1 atom stereocenters. The summed E-state index contributed by atoms with van der Waals surface area (Å²) in [4.78, 5) is 10.8. The third-order valence-corrected chi connectivity index (χ3v) is 4.02. The predicted molar refractivity (Wildman–Crippen MR) is 107 cm³/mol. The number of nitrogens with one attached hydrogen (secondary N) is 2. The number of hydrogen-bond donors (Lipinski definition) is 3. The lowest BCUT2D eigenvalue weighted by Gasteiger charge is -2.20. The molecular weight excluding hydrogens is 346 g/mol. The summed E-state index contributed by atoms with van der Waals surface area (Å²) in [6.07, 6.45) is -0.588. The second-order valence-corrected chi connectivity index (χ2v) is 6.28. The minimum absolute atomic E-state index is 0.176. The van der Waals surface area contributed by atoms with Crippen molar-refractivity contribution in [2.75, 3.05) is 51.5 Å². The number of ether oxygens (including phenoxy) is 2. The third-order valence-electron chi connectivity index (χ3n) is 4.02. The molecule has 1 aromatic carbocycles. The van der Waals surface area contributed by atoms with Crippen molar-refractivity contribution in [3.8, 4) is 11.5 Å². The van der Waals surface area contributed by atoms with E-state index in [4.69, 9.17) is 9.47 Å². The quantitative estimate of drug-likeness (QED) is 0.582. The fraction of sp³-hybridized carbons (Fsp3) is 0.474. The van der Waals surface area contributed by atoms with Gasteiger partial charge in [0, 0.05) is 37.1 Å². The maximum atomic E-state index is 10.1. The minimum atomic E-state index is -0.588. The van der Waals surface area contributed by atoms with Crippen LogP contribution in [0, 0.1) is 6.92 Å². The first kappa shape index (κ1) is 20.7. The summed E-state index contributed by atoms with van der Waals surface area (Å²) in [6, 6.07) is 7.33. The van der Waals surface area contributed by atoms with Crippen molar-refractivity contribution >= 4 is 17.5 Å².